The summed E-state index contributed by atoms with van der Waals surface area (Å²) in [6, 6.07) is 23.5. The van der Waals surface area contributed by atoms with Crippen LogP contribution in [0.15, 0.2) is 82.9 Å². The molecule has 0 spiro atoms. The molecule has 0 aliphatic carbocycles. The predicted octanol–water partition coefficient (Wildman–Crippen LogP) is 8.22. The van der Waals surface area contributed by atoms with Gasteiger partial charge in [0.25, 0.3) is 0 Å². The minimum absolute atomic E-state index is 0.00486. The van der Waals surface area contributed by atoms with Crippen LogP contribution < -0.4 is 0 Å². The molecule has 6 aromatic rings. The van der Waals surface area contributed by atoms with E-state index in [1.807, 2.05) is 6.07 Å². The molecule has 0 aliphatic rings. The van der Waals surface area contributed by atoms with Gasteiger partial charge in [0.05, 0.1) is 0 Å². The van der Waals surface area contributed by atoms with Gasteiger partial charge in [-0.3, -0.25) is 0 Å². The minimum atomic E-state index is 0.00486. The van der Waals surface area contributed by atoms with Gasteiger partial charge in [0.1, 0.15) is 23.3 Å². The second-order valence-corrected chi connectivity index (χ2v) is 10.1. The number of furan rings is 1. The fourth-order valence-electron chi connectivity index (χ4n) is 4.45. The molecular formula is C28H22N2OS. The molecule has 3 aromatic heterocycles. The predicted molar refractivity (Wildman–Crippen MR) is 134 cm³/mol. The highest BCUT2D eigenvalue weighted by molar-refractivity contribution is 7.17. The van der Waals surface area contributed by atoms with Crippen molar-refractivity contribution < 1.29 is 4.42 Å². The molecule has 0 unspecified atom stereocenters. The standard InChI is InChI=1S/C28H22N2OS/c1-28(2,3)22-14-19(13-18-7-4-5-9-20(18)22)25-26-23(29-16-30-25)15-24(31-26)21-10-6-8-17-11-12-32-27(17)21/h4-16H,1-3H3. The van der Waals surface area contributed by atoms with Crippen LogP contribution >= 0.6 is 11.3 Å². The Balaban J connectivity index is 1.60. The van der Waals surface area contributed by atoms with Crippen LogP contribution in [0.4, 0.5) is 0 Å². The van der Waals surface area contributed by atoms with Gasteiger partial charge in [-0.25, -0.2) is 9.97 Å². The number of fused-ring (bicyclic) bond motifs is 3. The molecule has 4 heteroatoms. The molecule has 0 radical (unpaired) electrons. The molecule has 0 bridgehead atoms. The third kappa shape index (κ3) is 3.02. The summed E-state index contributed by atoms with van der Waals surface area (Å²) in [6.45, 7) is 6.75. The average Bonchev–Trinajstić information content (AvgIpc) is 3.44. The first-order valence-corrected chi connectivity index (χ1v) is 11.6. The Hall–Kier alpha value is -3.50. The fraction of sp³-hybridized carbons (Fsp3) is 0.143. The summed E-state index contributed by atoms with van der Waals surface area (Å²) in [5, 5.41) is 5.82. The smallest absolute Gasteiger partial charge is 0.179 e. The number of hydrogen-bond acceptors (Lipinski definition) is 4. The summed E-state index contributed by atoms with van der Waals surface area (Å²) in [4.78, 5) is 9.18. The third-order valence-electron chi connectivity index (χ3n) is 6.00. The largest absolute Gasteiger partial charge is 0.452 e. The van der Waals surface area contributed by atoms with Gasteiger partial charge in [-0.1, -0.05) is 57.2 Å². The number of aromatic nitrogens is 2. The fourth-order valence-corrected chi connectivity index (χ4v) is 5.37. The van der Waals surface area contributed by atoms with E-state index in [1.165, 1.54) is 26.4 Å². The van der Waals surface area contributed by atoms with Gasteiger partial charge in [0, 0.05) is 21.9 Å². The lowest BCUT2D eigenvalue weighted by Crippen LogP contribution is -2.12. The van der Waals surface area contributed by atoms with E-state index in [4.69, 9.17) is 4.42 Å². The Labute approximate surface area is 190 Å². The number of hydrogen-bond donors (Lipinski definition) is 0. The summed E-state index contributed by atoms with van der Waals surface area (Å²) < 4.78 is 7.66. The first kappa shape index (κ1) is 19.2. The van der Waals surface area contributed by atoms with Gasteiger partial charge < -0.3 is 4.42 Å². The first-order valence-electron chi connectivity index (χ1n) is 10.7. The van der Waals surface area contributed by atoms with Crippen molar-refractivity contribution >= 4 is 43.3 Å². The van der Waals surface area contributed by atoms with E-state index in [2.05, 4.69) is 96.8 Å². The zero-order valence-electron chi connectivity index (χ0n) is 18.2. The lowest BCUT2D eigenvalue weighted by Gasteiger charge is -2.22. The Morgan fingerprint density at radius 3 is 2.56 bits per heavy atom. The van der Waals surface area contributed by atoms with E-state index in [-0.39, 0.29) is 5.41 Å². The van der Waals surface area contributed by atoms with E-state index in [0.29, 0.717) is 0 Å². The van der Waals surface area contributed by atoms with Crippen molar-refractivity contribution in [2.24, 2.45) is 0 Å². The summed E-state index contributed by atoms with van der Waals surface area (Å²) in [7, 11) is 0. The van der Waals surface area contributed by atoms with Crippen molar-refractivity contribution in [1.82, 2.24) is 9.97 Å². The lowest BCUT2D eigenvalue weighted by molar-refractivity contribution is 0.596. The molecule has 156 valence electrons. The molecule has 3 aromatic carbocycles. The van der Waals surface area contributed by atoms with E-state index in [9.17, 15) is 0 Å². The van der Waals surface area contributed by atoms with Crippen molar-refractivity contribution in [3.63, 3.8) is 0 Å². The van der Waals surface area contributed by atoms with E-state index in [0.717, 1.165) is 33.7 Å². The highest BCUT2D eigenvalue weighted by Crippen LogP contribution is 2.39. The molecule has 0 N–H and O–H groups in total. The van der Waals surface area contributed by atoms with Gasteiger partial charge in [0.2, 0.25) is 0 Å². The Kier molecular flexibility index (Phi) is 4.21. The van der Waals surface area contributed by atoms with Crippen molar-refractivity contribution in [2.75, 3.05) is 0 Å². The lowest BCUT2D eigenvalue weighted by atomic mass is 9.82. The second-order valence-electron chi connectivity index (χ2n) is 9.19. The molecule has 3 nitrogen and oxygen atoms in total. The normalized spacial score (nSPS) is 12.2. The highest BCUT2D eigenvalue weighted by Gasteiger charge is 2.21. The molecule has 0 fully saturated rings. The first-order chi connectivity index (χ1) is 15.5. The number of nitrogens with zero attached hydrogens (tertiary/aromatic N) is 2. The summed E-state index contributed by atoms with van der Waals surface area (Å²) in [5.74, 6) is 0.826. The van der Waals surface area contributed by atoms with E-state index >= 15 is 0 Å². The van der Waals surface area contributed by atoms with Crippen LogP contribution in [0, 0.1) is 0 Å². The molecule has 0 amide bonds. The maximum Gasteiger partial charge on any atom is 0.179 e. The average molecular weight is 435 g/mol. The summed E-state index contributed by atoms with van der Waals surface area (Å²) in [6.07, 6.45) is 1.63. The molecular weight excluding hydrogens is 412 g/mol. The van der Waals surface area contributed by atoms with E-state index < -0.39 is 0 Å². The monoisotopic (exact) mass is 434 g/mol. The van der Waals surface area contributed by atoms with Gasteiger partial charge in [0.15, 0.2) is 5.58 Å². The Morgan fingerprint density at radius 2 is 1.69 bits per heavy atom. The third-order valence-corrected chi connectivity index (χ3v) is 6.96. The molecule has 32 heavy (non-hydrogen) atoms. The van der Waals surface area contributed by atoms with Crippen molar-refractivity contribution in [1.29, 1.82) is 0 Å². The van der Waals surface area contributed by atoms with Crippen LogP contribution in [-0.2, 0) is 5.41 Å². The summed E-state index contributed by atoms with van der Waals surface area (Å²) >= 11 is 1.73. The van der Waals surface area contributed by atoms with Crippen LogP contribution in [0.1, 0.15) is 26.3 Å². The number of thiophene rings is 1. The second kappa shape index (κ2) is 7.01. The number of benzene rings is 3. The van der Waals surface area contributed by atoms with Crippen LogP contribution in [0.3, 0.4) is 0 Å². The Morgan fingerprint density at radius 1 is 0.844 bits per heavy atom. The maximum absolute atomic E-state index is 6.44. The topological polar surface area (TPSA) is 38.9 Å². The molecule has 0 saturated carbocycles. The van der Waals surface area contributed by atoms with Gasteiger partial charge in [-0.15, -0.1) is 11.3 Å². The quantitative estimate of drug-likeness (QED) is 0.275. The maximum atomic E-state index is 6.44. The van der Waals surface area contributed by atoms with Crippen LogP contribution in [-0.4, -0.2) is 9.97 Å². The molecule has 6 rings (SSSR count). The van der Waals surface area contributed by atoms with Crippen molar-refractivity contribution in [3.8, 4) is 22.6 Å². The van der Waals surface area contributed by atoms with Gasteiger partial charge in [-0.05, 0) is 56.8 Å². The molecule has 3 heterocycles. The SMILES string of the molecule is CC(C)(C)c1cc(-c2ncnc3cc(-c4cccc5ccsc45)oc23)cc2ccccc12. The molecule has 0 atom stereocenters. The van der Waals surface area contributed by atoms with Crippen molar-refractivity contribution in [3.05, 3.63) is 84.0 Å². The van der Waals surface area contributed by atoms with Crippen molar-refractivity contribution in [2.45, 2.75) is 26.2 Å². The zero-order valence-corrected chi connectivity index (χ0v) is 19.0. The van der Waals surface area contributed by atoms with Gasteiger partial charge in [-0.2, -0.15) is 0 Å². The Bertz CT molecular complexity index is 1620. The molecule has 0 saturated heterocycles. The number of rotatable bonds is 2. The van der Waals surface area contributed by atoms with Gasteiger partial charge >= 0.3 is 0 Å². The van der Waals surface area contributed by atoms with Crippen LogP contribution in [0.2, 0.25) is 0 Å². The summed E-state index contributed by atoms with van der Waals surface area (Å²) in [5.41, 5.74) is 5.83. The molecule has 0 aliphatic heterocycles. The highest BCUT2D eigenvalue weighted by atomic mass is 32.1. The van der Waals surface area contributed by atoms with Crippen LogP contribution in [0.5, 0.6) is 0 Å². The van der Waals surface area contributed by atoms with E-state index in [1.54, 1.807) is 17.7 Å². The zero-order chi connectivity index (χ0) is 21.9. The minimum Gasteiger partial charge on any atom is -0.452 e. The van der Waals surface area contributed by atoms with Crippen LogP contribution in [0.25, 0.3) is 54.5 Å².